The maximum atomic E-state index is 10.9. The predicted octanol–water partition coefficient (Wildman–Crippen LogP) is 1.68. The number of aliphatic carboxylic acids is 1. The molecule has 0 amide bonds. The fourth-order valence-corrected chi connectivity index (χ4v) is 1.83. The van der Waals surface area contributed by atoms with Gasteiger partial charge in [-0.05, 0) is 35.9 Å². The van der Waals surface area contributed by atoms with Crippen LogP contribution in [0.4, 0.5) is 0 Å². The van der Waals surface area contributed by atoms with E-state index in [0.29, 0.717) is 5.82 Å². The first-order valence-electron chi connectivity index (χ1n) is 6.05. The lowest BCUT2D eigenvalue weighted by atomic mass is 10.0. The number of rotatable bonds is 4. The summed E-state index contributed by atoms with van der Waals surface area (Å²) in [5.74, 6) is -0.788. The van der Waals surface area contributed by atoms with Gasteiger partial charge in [-0.3, -0.25) is 4.79 Å². The Morgan fingerprint density at radius 3 is 2.84 bits per heavy atom. The van der Waals surface area contributed by atoms with E-state index < -0.39 is 11.9 Å². The van der Waals surface area contributed by atoms with Gasteiger partial charge >= 0.3 is 5.97 Å². The van der Waals surface area contributed by atoms with Gasteiger partial charge in [-0.1, -0.05) is 24.6 Å². The molecule has 2 rings (SSSR count). The molecule has 0 saturated carbocycles. The molecule has 6 heteroatoms. The van der Waals surface area contributed by atoms with Crippen LogP contribution in [0.1, 0.15) is 18.1 Å². The second-order valence-electron chi connectivity index (χ2n) is 4.74. The molecule has 100 valence electrons. The summed E-state index contributed by atoms with van der Waals surface area (Å²) in [6, 6.07) is 6.03. The number of tetrazole rings is 1. The Morgan fingerprint density at radius 1 is 1.42 bits per heavy atom. The quantitative estimate of drug-likeness (QED) is 0.904. The van der Waals surface area contributed by atoms with Gasteiger partial charge in [0, 0.05) is 5.56 Å². The molecule has 1 unspecified atom stereocenters. The summed E-state index contributed by atoms with van der Waals surface area (Å²) < 4.78 is 1.54. The van der Waals surface area contributed by atoms with Gasteiger partial charge in [0.2, 0.25) is 0 Å². The van der Waals surface area contributed by atoms with Gasteiger partial charge in [0.25, 0.3) is 0 Å². The molecule has 1 aromatic heterocycles. The van der Waals surface area contributed by atoms with Gasteiger partial charge in [0.1, 0.15) is 0 Å². The van der Waals surface area contributed by atoms with E-state index in [1.54, 1.807) is 11.6 Å². The zero-order chi connectivity index (χ0) is 14.0. The first-order chi connectivity index (χ1) is 8.99. The van der Waals surface area contributed by atoms with Crippen molar-refractivity contribution in [3.8, 4) is 11.4 Å². The van der Waals surface area contributed by atoms with Gasteiger partial charge in [-0.15, -0.1) is 5.10 Å². The zero-order valence-corrected chi connectivity index (χ0v) is 11.2. The van der Waals surface area contributed by atoms with Crippen molar-refractivity contribution in [3.63, 3.8) is 0 Å². The Morgan fingerprint density at radius 2 is 2.16 bits per heavy atom. The molecule has 19 heavy (non-hydrogen) atoms. The van der Waals surface area contributed by atoms with Crippen LogP contribution >= 0.6 is 0 Å². The molecule has 0 radical (unpaired) electrons. The van der Waals surface area contributed by atoms with Crippen molar-refractivity contribution in [2.75, 3.05) is 0 Å². The SMILES string of the molecule is Cc1ccc(C)c(-c2nnnn2CC(C)C(=O)O)c1. The molecule has 6 nitrogen and oxygen atoms in total. The smallest absolute Gasteiger partial charge is 0.308 e. The number of aromatic nitrogens is 4. The Balaban J connectivity index is 2.39. The summed E-state index contributed by atoms with van der Waals surface area (Å²) >= 11 is 0. The predicted molar refractivity (Wildman–Crippen MR) is 69.5 cm³/mol. The third-order valence-corrected chi connectivity index (χ3v) is 3.03. The van der Waals surface area contributed by atoms with Crippen LogP contribution in [0.15, 0.2) is 18.2 Å². The fraction of sp³-hybridized carbons (Fsp3) is 0.385. The van der Waals surface area contributed by atoms with E-state index in [0.717, 1.165) is 16.7 Å². The maximum Gasteiger partial charge on any atom is 0.308 e. The number of carbonyl (C=O) groups is 1. The zero-order valence-electron chi connectivity index (χ0n) is 11.2. The molecule has 0 aliphatic carbocycles. The van der Waals surface area contributed by atoms with Gasteiger partial charge in [-0.2, -0.15) is 0 Å². The molecule has 1 N–H and O–H groups in total. The van der Waals surface area contributed by atoms with Crippen molar-refractivity contribution in [1.82, 2.24) is 20.2 Å². The molecular weight excluding hydrogens is 244 g/mol. The average molecular weight is 260 g/mol. The standard InChI is InChI=1S/C13H16N4O2/c1-8-4-5-9(2)11(6-8)12-14-15-16-17(12)7-10(3)13(18)19/h4-6,10H,7H2,1-3H3,(H,18,19). The molecule has 0 aliphatic heterocycles. The highest BCUT2D eigenvalue weighted by molar-refractivity contribution is 5.69. The van der Waals surface area contributed by atoms with Gasteiger partial charge in [0.05, 0.1) is 12.5 Å². The summed E-state index contributed by atoms with van der Waals surface area (Å²) in [4.78, 5) is 10.9. The van der Waals surface area contributed by atoms with Crippen LogP contribution in [-0.2, 0) is 11.3 Å². The van der Waals surface area contributed by atoms with E-state index >= 15 is 0 Å². The lowest BCUT2D eigenvalue weighted by Crippen LogP contribution is -2.18. The molecule has 0 fully saturated rings. The van der Waals surface area contributed by atoms with Crippen LogP contribution in [0, 0.1) is 19.8 Å². The van der Waals surface area contributed by atoms with Crippen molar-refractivity contribution in [2.24, 2.45) is 5.92 Å². The monoisotopic (exact) mass is 260 g/mol. The highest BCUT2D eigenvalue weighted by Gasteiger charge is 2.17. The third kappa shape index (κ3) is 2.78. The van der Waals surface area contributed by atoms with Gasteiger partial charge in [0.15, 0.2) is 5.82 Å². The summed E-state index contributed by atoms with van der Waals surface area (Å²) in [7, 11) is 0. The van der Waals surface area contributed by atoms with E-state index in [1.807, 2.05) is 32.0 Å². The third-order valence-electron chi connectivity index (χ3n) is 3.03. The first kappa shape index (κ1) is 13.2. The van der Waals surface area contributed by atoms with Crippen molar-refractivity contribution in [2.45, 2.75) is 27.3 Å². The molecule has 1 atom stereocenters. The maximum absolute atomic E-state index is 10.9. The lowest BCUT2D eigenvalue weighted by molar-refractivity contribution is -0.141. The van der Waals surface area contributed by atoms with Crippen LogP contribution < -0.4 is 0 Å². The van der Waals surface area contributed by atoms with Crippen LogP contribution in [0.2, 0.25) is 0 Å². The number of aryl methyl sites for hydroxylation is 2. The Hall–Kier alpha value is -2.24. The van der Waals surface area contributed by atoms with E-state index in [-0.39, 0.29) is 6.54 Å². The van der Waals surface area contributed by atoms with Gasteiger partial charge < -0.3 is 5.11 Å². The van der Waals surface area contributed by atoms with Crippen LogP contribution in [0.25, 0.3) is 11.4 Å². The number of benzene rings is 1. The minimum absolute atomic E-state index is 0.255. The van der Waals surface area contributed by atoms with Crippen LogP contribution in [0.5, 0.6) is 0 Å². The number of hydrogen-bond donors (Lipinski definition) is 1. The minimum atomic E-state index is -0.859. The molecule has 1 heterocycles. The van der Waals surface area contributed by atoms with Gasteiger partial charge in [-0.25, -0.2) is 4.68 Å². The largest absolute Gasteiger partial charge is 0.481 e. The fourth-order valence-electron chi connectivity index (χ4n) is 1.83. The van der Waals surface area contributed by atoms with Crippen molar-refractivity contribution in [3.05, 3.63) is 29.3 Å². The summed E-state index contributed by atoms with van der Waals surface area (Å²) in [6.45, 7) is 5.87. The van der Waals surface area contributed by atoms with E-state index in [2.05, 4.69) is 15.5 Å². The normalized spacial score (nSPS) is 12.4. The van der Waals surface area contributed by atoms with Crippen LogP contribution in [0.3, 0.4) is 0 Å². The number of hydrogen-bond acceptors (Lipinski definition) is 4. The highest BCUT2D eigenvalue weighted by atomic mass is 16.4. The number of carboxylic acid groups (broad SMARTS) is 1. The van der Waals surface area contributed by atoms with E-state index in [4.69, 9.17) is 5.11 Å². The summed E-state index contributed by atoms with van der Waals surface area (Å²) in [5.41, 5.74) is 3.11. The second kappa shape index (κ2) is 5.17. The van der Waals surface area contributed by atoms with Crippen molar-refractivity contribution in [1.29, 1.82) is 0 Å². The average Bonchev–Trinajstić information content (AvgIpc) is 2.80. The second-order valence-corrected chi connectivity index (χ2v) is 4.74. The topological polar surface area (TPSA) is 80.9 Å². The molecule has 0 bridgehead atoms. The highest BCUT2D eigenvalue weighted by Crippen LogP contribution is 2.22. The number of nitrogens with zero attached hydrogens (tertiary/aromatic N) is 4. The molecule has 0 saturated heterocycles. The Kier molecular flexibility index (Phi) is 3.59. The Bertz CT molecular complexity index is 606. The Labute approximate surface area is 111 Å². The van der Waals surface area contributed by atoms with Crippen LogP contribution in [-0.4, -0.2) is 31.3 Å². The molecular formula is C13H16N4O2. The first-order valence-corrected chi connectivity index (χ1v) is 6.05. The summed E-state index contributed by atoms with van der Waals surface area (Å²) in [6.07, 6.45) is 0. The lowest BCUT2D eigenvalue weighted by Gasteiger charge is -2.10. The van der Waals surface area contributed by atoms with E-state index in [1.165, 1.54) is 0 Å². The molecule has 1 aromatic carbocycles. The van der Waals surface area contributed by atoms with E-state index in [9.17, 15) is 4.79 Å². The minimum Gasteiger partial charge on any atom is -0.481 e. The number of carboxylic acids is 1. The molecule has 0 aliphatic rings. The summed E-state index contributed by atoms with van der Waals surface area (Å²) in [5, 5.41) is 20.5. The van der Waals surface area contributed by atoms with Crippen molar-refractivity contribution < 1.29 is 9.90 Å². The van der Waals surface area contributed by atoms with Crippen molar-refractivity contribution >= 4 is 5.97 Å². The molecule has 0 spiro atoms. The molecule has 2 aromatic rings.